The molecule has 0 spiro atoms. The highest BCUT2D eigenvalue weighted by Crippen LogP contribution is 2.38. The summed E-state index contributed by atoms with van der Waals surface area (Å²) in [4.78, 5) is 25.1. The molecule has 3 atom stereocenters. The first kappa shape index (κ1) is 21.4. The number of urea groups is 1. The Kier molecular flexibility index (Phi) is 6.67. The third-order valence-electron chi connectivity index (χ3n) is 5.90. The highest BCUT2D eigenvalue weighted by Gasteiger charge is 2.37. The van der Waals surface area contributed by atoms with E-state index in [1.165, 1.54) is 25.5 Å². The van der Waals surface area contributed by atoms with Crippen molar-refractivity contribution in [3.8, 4) is 0 Å². The Morgan fingerprint density at radius 1 is 1.31 bits per heavy atom. The minimum absolute atomic E-state index is 0.199. The summed E-state index contributed by atoms with van der Waals surface area (Å²) >= 11 is 0. The number of amides is 2. The molecule has 1 aliphatic carbocycles. The summed E-state index contributed by atoms with van der Waals surface area (Å²) in [7, 11) is 0. The van der Waals surface area contributed by atoms with Crippen LogP contribution >= 0.6 is 0 Å². The SMILES string of the molecule is CCOC(=O)C1=C(CNC2CCCCC2C(C)(C)C)NC(=O)NC1c1ccco1. The van der Waals surface area contributed by atoms with Gasteiger partial charge in [-0.2, -0.15) is 0 Å². The van der Waals surface area contributed by atoms with Crippen LogP contribution in [0.1, 0.15) is 65.2 Å². The zero-order valence-electron chi connectivity index (χ0n) is 17.8. The predicted octanol–water partition coefficient (Wildman–Crippen LogP) is 3.65. The van der Waals surface area contributed by atoms with Crippen molar-refractivity contribution in [2.24, 2.45) is 11.3 Å². The molecule has 2 aliphatic rings. The van der Waals surface area contributed by atoms with E-state index in [2.05, 4.69) is 36.7 Å². The van der Waals surface area contributed by atoms with Gasteiger partial charge in [-0.25, -0.2) is 9.59 Å². The van der Waals surface area contributed by atoms with Crippen molar-refractivity contribution >= 4 is 12.0 Å². The first-order valence-corrected chi connectivity index (χ1v) is 10.6. The van der Waals surface area contributed by atoms with Crippen molar-refractivity contribution in [1.29, 1.82) is 0 Å². The number of carbonyl (C=O) groups is 2. The molecule has 1 aromatic heterocycles. The van der Waals surface area contributed by atoms with Crippen LogP contribution in [-0.2, 0) is 9.53 Å². The molecular formula is C22H33N3O4. The Morgan fingerprint density at radius 3 is 2.72 bits per heavy atom. The predicted molar refractivity (Wildman–Crippen MR) is 110 cm³/mol. The van der Waals surface area contributed by atoms with Crippen LogP contribution in [0.2, 0.25) is 0 Å². The molecular weight excluding hydrogens is 370 g/mol. The van der Waals surface area contributed by atoms with Gasteiger partial charge in [0.05, 0.1) is 18.4 Å². The smallest absolute Gasteiger partial charge is 0.338 e. The molecule has 0 radical (unpaired) electrons. The zero-order chi connectivity index (χ0) is 21.0. The Labute approximate surface area is 172 Å². The topological polar surface area (TPSA) is 92.6 Å². The average molecular weight is 404 g/mol. The van der Waals surface area contributed by atoms with E-state index in [9.17, 15) is 9.59 Å². The number of furan rings is 1. The lowest BCUT2D eigenvalue weighted by molar-refractivity contribution is -0.139. The Bertz CT molecular complexity index is 749. The Hall–Kier alpha value is -2.28. The van der Waals surface area contributed by atoms with Gasteiger partial charge >= 0.3 is 12.0 Å². The molecule has 0 saturated heterocycles. The van der Waals surface area contributed by atoms with Crippen LogP contribution in [0.4, 0.5) is 4.79 Å². The van der Waals surface area contributed by atoms with Crippen molar-refractivity contribution < 1.29 is 18.7 Å². The summed E-state index contributed by atoms with van der Waals surface area (Å²) in [6, 6.07) is 2.80. The van der Waals surface area contributed by atoms with Crippen molar-refractivity contribution in [3.05, 3.63) is 35.4 Å². The third-order valence-corrected chi connectivity index (χ3v) is 5.90. The van der Waals surface area contributed by atoms with Crippen LogP contribution in [-0.4, -0.2) is 31.2 Å². The van der Waals surface area contributed by atoms with Crippen molar-refractivity contribution in [1.82, 2.24) is 16.0 Å². The summed E-state index contributed by atoms with van der Waals surface area (Å²) in [5.74, 6) is 0.598. The van der Waals surface area contributed by atoms with Gasteiger partial charge in [0.25, 0.3) is 0 Å². The molecule has 2 heterocycles. The molecule has 160 valence electrons. The molecule has 7 nitrogen and oxygen atoms in total. The van der Waals surface area contributed by atoms with E-state index >= 15 is 0 Å². The normalized spacial score (nSPS) is 25.4. The second-order valence-electron chi connectivity index (χ2n) is 8.90. The highest BCUT2D eigenvalue weighted by molar-refractivity contribution is 5.95. The fourth-order valence-electron chi connectivity index (χ4n) is 4.52. The van der Waals surface area contributed by atoms with E-state index in [1.54, 1.807) is 19.1 Å². The summed E-state index contributed by atoms with van der Waals surface area (Å²) < 4.78 is 10.8. The van der Waals surface area contributed by atoms with E-state index in [4.69, 9.17) is 9.15 Å². The molecule has 0 bridgehead atoms. The second-order valence-corrected chi connectivity index (χ2v) is 8.90. The second kappa shape index (κ2) is 9.03. The number of carbonyl (C=O) groups excluding carboxylic acids is 2. The fraction of sp³-hybridized carbons (Fsp3) is 0.636. The van der Waals surface area contributed by atoms with Crippen LogP contribution in [0.5, 0.6) is 0 Å². The molecule has 7 heteroatoms. The maximum absolute atomic E-state index is 12.8. The lowest BCUT2D eigenvalue weighted by atomic mass is 9.69. The molecule has 3 rings (SSSR count). The molecule has 2 amide bonds. The van der Waals surface area contributed by atoms with E-state index in [-0.39, 0.29) is 18.1 Å². The van der Waals surface area contributed by atoms with Crippen LogP contribution in [0.15, 0.2) is 34.1 Å². The van der Waals surface area contributed by atoms with Gasteiger partial charge in [0.2, 0.25) is 0 Å². The minimum atomic E-state index is -0.667. The van der Waals surface area contributed by atoms with Gasteiger partial charge in [-0.3, -0.25) is 0 Å². The first-order chi connectivity index (χ1) is 13.8. The van der Waals surface area contributed by atoms with Gasteiger partial charge in [0.1, 0.15) is 11.8 Å². The largest absolute Gasteiger partial charge is 0.467 e. The van der Waals surface area contributed by atoms with Gasteiger partial charge in [-0.05, 0) is 43.2 Å². The molecule has 1 saturated carbocycles. The van der Waals surface area contributed by atoms with E-state index in [0.29, 0.717) is 35.5 Å². The lowest BCUT2D eigenvalue weighted by Gasteiger charge is -2.41. The van der Waals surface area contributed by atoms with Crippen LogP contribution < -0.4 is 16.0 Å². The van der Waals surface area contributed by atoms with Gasteiger partial charge in [-0.1, -0.05) is 33.6 Å². The number of hydrogen-bond acceptors (Lipinski definition) is 5. The Balaban J connectivity index is 1.86. The summed E-state index contributed by atoms with van der Waals surface area (Å²) in [5.41, 5.74) is 1.13. The quantitative estimate of drug-likeness (QED) is 0.631. The van der Waals surface area contributed by atoms with Crippen molar-refractivity contribution in [3.63, 3.8) is 0 Å². The monoisotopic (exact) mass is 403 g/mol. The van der Waals surface area contributed by atoms with E-state index in [1.807, 2.05) is 0 Å². The Morgan fingerprint density at radius 2 is 2.07 bits per heavy atom. The molecule has 1 aromatic rings. The van der Waals surface area contributed by atoms with Gasteiger partial charge in [0.15, 0.2) is 0 Å². The van der Waals surface area contributed by atoms with Crippen LogP contribution in [0, 0.1) is 11.3 Å². The van der Waals surface area contributed by atoms with E-state index in [0.717, 1.165) is 6.42 Å². The van der Waals surface area contributed by atoms with Gasteiger partial charge in [0, 0.05) is 18.3 Å². The maximum Gasteiger partial charge on any atom is 0.338 e. The van der Waals surface area contributed by atoms with Gasteiger partial charge < -0.3 is 25.1 Å². The molecule has 3 unspecified atom stereocenters. The van der Waals surface area contributed by atoms with E-state index < -0.39 is 12.0 Å². The molecule has 29 heavy (non-hydrogen) atoms. The number of esters is 1. The highest BCUT2D eigenvalue weighted by atomic mass is 16.5. The number of rotatable bonds is 6. The number of ether oxygens (including phenoxy) is 1. The summed E-state index contributed by atoms with van der Waals surface area (Å²) in [6.45, 7) is 9.26. The third kappa shape index (κ3) is 5.01. The standard InChI is InChI=1S/C22H33N3O4/c1-5-28-20(26)18-16(24-21(27)25-19(18)17-11-8-12-29-17)13-23-15-10-7-6-9-14(15)22(2,3)4/h8,11-12,14-15,19,23H,5-7,9-10,13H2,1-4H3,(H2,24,25,27). The minimum Gasteiger partial charge on any atom is -0.467 e. The first-order valence-electron chi connectivity index (χ1n) is 10.6. The van der Waals surface area contributed by atoms with Crippen LogP contribution in [0.3, 0.4) is 0 Å². The molecule has 3 N–H and O–H groups in total. The number of hydrogen-bond donors (Lipinski definition) is 3. The average Bonchev–Trinajstić information content (AvgIpc) is 3.20. The van der Waals surface area contributed by atoms with Crippen molar-refractivity contribution in [2.75, 3.05) is 13.2 Å². The molecule has 1 fully saturated rings. The summed E-state index contributed by atoms with van der Waals surface area (Å²) in [5, 5.41) is 9.22. The maximum atomic E-state index is 12.8. The fourth-order valence-corrected chi connectivity index (χ4v) is 4.52. The molecule has 1 aliphatic heterocycles. The zero-order valence-corrected chi connectivity index (χ0v) is 17.8. The number of nitrogens with one attached hydrogen (secondary N) is 3. The van der Waals surface area contributed by atoms with Crippen molar-refractivity contribution in [2.45, 2.75) is 65.5 Å². The van der Waals surface area contributed by atoms with Crippen LogP contribution in [0.25, 0.3) is 0 Å². The van der Waals surface area contributed by atoms with Gasteiger partial charge in [-0.15, -0.1) is 0 Å². The lowest BCUT2D eigenvalue weighted by Crippen LogP contribution is -2.50. The molecule has 0 aromatic carbocycles. The summed E-state index contributed by atoms with van der Waals surface area (Å²) in [6.07, 6.45) is 6.25.